The second-order valence-electron chi connectivity index (χ2n) is 9.87. The number of nitrogens with one attached hydrogen (secondary N) is 2. The van der Waals surface area contributed by atoms with Gasteiger partial charge in [0.15, 0.2) is 5.82 Å². The first-order chi connectivity index (χ1) is 17.5. The Morgan fingerprint density at radius 3 is 2.69 bits per heavy atom. The molecule has 2 aromatic carbocycles. The highest BCUT2D eigenvalue weighted by atomic mass is 16.5. The number of hydrogen-bond acceptors (Lipinski definition) is 6. The normalized spacial score (nSPS) is 14.7. The Kier molecular flexibility index (Phi) is 7.00. The van der Waals surface area contributed by atoms with Crippen LogP contribution in [0.25, 0.3) is 5.52 Å². The third kappa shape index (κ3) is 5.26. The smallest absolute Gasteiger partial charge is 0.158 e. The Morgan fingerprint density at radius 1 is 1.08 bits per heavy atom. The fourth-order valence-corrected chi connectivity index (χ4v) is 4.66. The number of nitrogens with zero attached hydrogens (tertiary/aromatic N) is 4. The highest BCUT2D eigenvalue weighted by Gasteiger charge is 2.21. The second-order valence-corrected chi connectivity index (χ2v) is 9.87. The van der Waals surface area contributed by atoms with Gasteiger partial charge in [0, 0.05) is 24.2 Å². The highest BCUT2D eigenvalue weighted by molar-refractivity contribution is 5.77. The van der Waals surface area contributed by atoms with E-state index in [1.54, 1.807) is 6.33 Å². The SMILES string of the molecule is Cc1ccc(Oc2ccc(Nc3ncnn4ccc(C5CCNCC5)c34)cc2C)cc1N=CC(C)C. The number of aryl methyl sites for hydroxylation is 2. The molecule has 7 heteroatoms. The van der Waals surface area contributed by atoms with Gasteiger partial charge in [0.2, 0.25) is 0 Å². The van der Waals surface area contributed by atoms with Gasteiger partial charge in [0.05, 0.1) is 5.69 Å². The Labute approximate surface area is 212 Å². The van der Waals surface area contributed by atoms with E-state index in [0.29, 0.717) is 11.8 Å². The van der Waals surface area contributed by atoms with Crippen LogP contribution in [0.5, 0.6) is 11.5 Å². The summed E-state index contributed by atoms with van der Waals surface area (Å²) in [6, 6.07) is 14.3. The van der Waals surface area contributed by atoms with Crippen molar-refractivity contribution in [1.82, 2.24) is 19.9 Å². The predicted octanol–water partition coefficient (Wildman–Crippen LogP) is 6.71. The van der Waals surface area contributed by atoms with E-state index in [-0.39, 0.29) is 0 Å². The van der Waals surface area contributed by atoms with E-state index in [9.17, 15) is 0 Å². The number of fused-ring (bicyclic) bond motifs is 1. The number of anilines is 2. The van der Waals surface area contributed by atoms with Gasteiger partial charge in [-0.3, -0.25) is 4.99 Å². The van der Waals surface area contributed by atoms with Crippen molar-refractivity contribution in [1.29, 1.82) is 0 Å². The largest absolute Gasteiger partial charge is 0.457 e. The van der Waals surface area contributed by atoms with Crippen LogP contribution in [0.3, 0.4) is 0 Å². The van der Waals surface area contributed by atoms with Crippen LogP contribution >= 0.6 is 0 Å². The molecule has 0 unspecified atom stereocenters. The van der Waals surface area contributed by atoms with Crippen molar-refractivity contribution in [2.24, 2.45) is 10.9 Å². The molecule has 7 nitrogen and oxygen atoms in total. The van der Waals surface area contributed by atoms with Crippen LogP contribution in [0.4, 0.5) is 17.2 Å². The summed E-state index contributed by atoms with van der Waals surface area (Å²) in [5, 5.41) is 11.4. The Balaban J connectivity index is 1.37. The predicted molar refractivity (Wildman–Crippen MR) is 147 cm³/mol. The number of hydrogen-bond donors (Lipinski definition) is 2. The minimum Gasteiger partial charge on any atom is -0.457 e. The summed E-state index contributed by atoms with van der Waals surface area (Å²) >= 11 is 0. The first kappa shape index (κ1) is 24.0. The molecule has 36 heavy (non-hydrogen) atoms. The van der Waals surface area contributed by atoms with Crippen molar-refractivity contribution < 1.29 is 4.74 Å². The molecule has 4 aromatic rings. The number of aliphatic imine (C=N–C) groups is 1. The van der Waals surface area contributed by atoms with E-state index in [1.807, 2.05) is 47.3 Å². The van der Waals surface area contributed by atoms with Gasteiger partial charge in [-0.2, -0.15) is 5.10 Å². The maximum absolute atomic E-state index is 6.24. The fourth-order valence-electron chi connectivity index (χ4n) is 4.66. The lowest BCUT2D eigenvalue weighted by Gasteiger charge is -2.22. The zero-order valence-corrected chi connectivity index (χ0v) is 21.5. The van der Waals surface area contributed by atoms with Crippen molar-refractivity contribution in [2.75, 3.05) is 18.4 Å². The lowest BCUT2D eigenvalue weighted by atomic mass is 9.91. The zero-order chi connectivity index (χ0) is 25.1. The minimum absolute atomic E-state index is 0.398. The maximum atomic E-state index is 6.24. The van der Waals surface area contributed by atoms with Crippen LogP contribution in [-0.2, 0) is 0 Å². The lowest BCUT2D eigenvalue weighted by molar-refractivity contribution is 0.462. The van der Waals surface area contributed by atoms with E-state index in [1.165, 1.54) is 5.56 Å². The molecule has 2 aromatic heterocycles. The van der Waals surface area contributed by atoms with E-state index >= 15 is 0 Å². The summed E-state index contributed by atoms with van der Waals surface area (Å²) in [6.45, 7) is 10.5. The average molecular weight is 483 g/mol. The standard InChI is InChI=1S/C29H34N6O/c1-19(2)17-31-26-16-24(7-5-20(26)3)36-27-8-6-23(15-21(27)4)34-29-28-25(22-9-12-30-13-10-22)11-14-35(28)33-18-32-29/h5-8,11,14-19,22,30H,9-10,12-13H2,1-4H3,(H,32,33,34). The summed E-state index contributed by atoms with van der Waals surface area (Å²) in [6.07, 6.45) is 7.85. The van der Waals surface area contributed by atoms with Crippen LogP contribution in [0.15, 0.2) is 60.0 Å². The monoisotopic (exact) mass is 482 g/mol. The van der Waals surface area contributed by atoms with Crippen LogP contribution in [-0.4, -0.2) is 33.9 Å². The third-order valence-electron chi connectivity index (χ3n) is 6.62. The maximum Gasteiger partial charge on any atom is 0.158 e. The van der Waals surface area contributed by atoms with Crippen LogP contribution in [0.2, 0.25) is 0 Å². The van der Waals surface area contributed by atoms with Gasteiger partial charge in [-0.25, -0.2) is 9.50 Å². The number of piperidine rings is 1. The van der Waals surface area contributed by atoms with Crippen molar-refractivity contribution >= 4 is 28.9 Å². The van der Waals surface area contributed by atoms with Gasteiger partial charge in [-0.15, -0.1) is 0 Å². The minimum atomic E-state index is 0.398. The van der Waals surface area contributed by atoms with Crippen molar-refractivity contribution in [3.63, 3.8) is 0 Å². The molecule has 1 aliphatic rings. The van der Waals surface area contributed by atoms with Gasteiger partial charge < -0.3 is 15.4 Å². The van der Waals surface area contributed by atoms with E-state index in [0.717, 1.165) is 71.3 Å². The van der Waals surface area contributed by atoms with Gasteiger partial charge in [0.25, 0.3) is 0 Å². The van der Waals surface area contributed by atoms with E-state index < -0.39 is 0 Å². The summed E-state index contributed by atoms with van der Waals surface area (Å²) in [5.74, 6) is 3.33. The number of rotatable bonds is 7. The van der Waals surface area contributed by atoms with E-state index in [2.05, 4.69) is 65.5 Å². The summed E-state index contributed by atoms with van der Waals surface area (Å²) in [5.41, 5.74) is 6.42. The molecule has 5 rings (SSSR count). The van der Waals surface area contributed by atoms with Gasteiger partial charge in [-0.1, -0.05) is 19.9 Å². The van der Waals surface area contributed by atoms with Gasteiger partial charge in [0.1, 0.15) is 23.3 Å². The van der Waals surface area contributed by atoms with Crippen LogP contribution in [0.1, 0.15) is 49.3 Å². The molecule has 1 fully saturated rings. The average Bonchev–Trinajstić information content (AvgIpc) is 3.32. The molecule has 0 saturated carbocycles. The number of ether oxygens (including phenoxy) is 1. The molecule has 0 aliphatic carbocycles. The molecular formula is C29H34N6O. The fraction of sp³-hybridized carbons (Fsp3) is 0.345. The summed E-state index contributed by atoms with van der Waals surface area (Å²) in [7, 11) is 0. The molecule has 1 aliphatic heterocycles. The zero-order valence-electron chi connectivity index (χ0n) is 21.5. The molecule has 2 N–H and O–H groups in total. The van der Waals surface area contributed by atoms with Crippen LogP contribution < -0.4 is 15.4 Å². The Bertz CT molecular complexity index is 1380. The molecular weight excluding hydrogens is 448 g/mol. The molecule has 186 valence electrons. The van der Waals surface area contributed by atoms with Crippen molar-refractivity contribution in [3.05, 3.63) is 71.7 Å². The third-order valence-corrected chi connectivity index (χ3v) is 6.62. The molecule has 0 radical (unpaired) electrons. The quantitative estimate of drug-likeness (QED) is 0.286. The molecule has 0 amide bonds. The highest BCUT2D eigenvalue weighted by Crippen LogP contribution is 2.35. The van der Waals surface area contributed by atoms with Crippen molar-refractivity contribution in [2.45, 2.75) is 46.5 Å². The lowest BCUT2D eigenvalue weighted by Crippen LogP contribution is -2.26. The molecule has 1 saturated heterocycles. The Hall–Kier alpha value is -3.71. The molecule has 0 spiro atoms. The number of aromatic nitrogens is 3. The second kappa shape index (κ2) is 10.5. The van der Waals surface area contributed by atoms with Gasteiger partial charge >= 0.3 is 0 Å². The molecule has 0 bridgehead atoms. The first-order valence-corrected chi connectivity index (χ1v) is 12.7. The van der Waals surface area contributed by atoms with Crippen LogP contribution in [0, 0.1) is 19.8 Å². The topological polar surface area (TPSA) is 75.8 Å². The van der Waals surface area contributed by atoms with E-state index in [4.69, 9.17) is 4.74 Å². The number of benzene rings is 2. The first-order valence-electron chi connectivity index (χ1n) is 12.7. The molecule has 3 heterocycles. The van der Waals surface area contributed by atoms with Crippen molar-refractivity contribution in [3.8, 4) is 11.5 Å². The Morgan fingerprint density at radius 2 is 1.92 bits per heavy atom. The summed E-state index contributed by atoms with van der Waals surface area (Å²) in [4.78, 5) is 9.21. The molecule has 0 atom stereocenters. The summed E-state index contributed by atoms with van der Waals surface area (Å²) < 4.78 is 8.16. The van der Waals surface area contributed by atoms with Gasteiger partial charge in [-0.05, 0) is 98.6 Å².